The fourth-order valence-corrected chi connectivity index (χ4v) is 5.45. The highest BCUT2D eigenvalue weighted by molar-refractivity contribution is 5.89. The SMILES string of the molecule is CCN(CCCNC(=O)Nc1ccc(C(C)(C)C)cc1)C[C@H]1OC(n2cnc3c(N)ncnc32)[C@@H]2OC(C)(C)O[C@H]12. The van der Waals surface area contributed by atoms with Crippen LogP contribution < -0.4 is 16.4 Å². The predicted molar refractivity (Wildman–Crippen MR) is 156 cm³/mol. The third-order valence-electron chi connectivity index (χ3n) is 7.62. The summed E-state index contributed by atoms with van der Waals surface area (Å²) in [6.45, 7) is 15.3. The maximum atomic E-state index is 12.4. The van der Waals surface area contributed by atoms with Gasteiger partial charge in [-0.05, 0) is 56.5 Å². The summed E-state index contributed by atoms with van der Waals surface area (Å²) in [6, 6.07) is 7.76. The average molecular weight is 567 g/mol. The predicted octanol–water partition coefficient (Wildman–Crippen LogP) is 3.66. The van der Waals surface area contributed by atoms with Gasteiger partial charge < -0.3 is 35.5 Å². The van der Waals surface area contributed by atoms with Crippen LogP contribution in [-0.2, 0) is 19.6 Å². The van der Waals surface area contributed by atoms with Crippen molar-refractivity contribution in [3.63, 3.8) is 0 Å². The van der Waals surface area contributed by atoms with Crippen LogP contribution in [0.3, 0.4) is 0 Å². The van der Waals surface area contributed by atoms with E-state index in [1.807, 2.05) is 42.7 Å². The molecule has 0 radical (unpaired) electrons. The molecule has 1 aromatic carbocycles. The Balaban J connectivity index is 1.15. The molecular formula is C29H42N8O4. The molecule has 4 atom stereocenters. The number of nitrogen functional groups attached to an aromatic ring is 1. The Labute approximate surface area is 241 Å². The molecule has 12 heteroatoms. The second-order valence-corrected chi connectivity index (χ2v) is 12.2. The van der Waals surface area contributed by atoms with Gasteiger partial charge in [-0.25, -0.2) is 19.7 Å². The number of imidazole rings is 1. The number of aromatic nitrogens is 4. The number of hydrogen-bond donors (Lipinski definition) is 3. The Kier molecular flexibility index (Phi) is 8.20. The number of benzene rings is 1. The zero-order chi connectivity index (χ0) is 29.4. The zero-order valence-corrected chi connectivity index (χ0v) is 24.8. The summed E-state index contributed by atoms with van der Waals surface area (Å²) in [5.74, 6) is -0.414. The van der Waals surface area contributed by atoms with Crippen molar-refractivity contribution in [1.29, 1.82) is 0 Å². The zero-order valence-electron chi connectivity index (χ0n) is 24.8. The van der Waals surface area contributed by atoms with Crippen molar-refractivity contribution in [2.24, 2.45) is 0 Å². The monoisotopic (exact) mass is 566 g/mol. The molecule has 2 aliphatic heterocycles. The Morgan fingerprint density at radius 1 is 1.12 bits per heavy atom. The third kappa shape index (κ3) is 6.45. The maximum Gasteiger partial charge on any atom is 0.319 e. The van der Waals surface area contributed by atoms with Gasteiger partial charge in [0.2, 0.25) is 0 Å². The molecule has 0 spiro atoms. The van der Waals surface area contributed by atoms with Gasteiger partial charge in [0.05, 0.1) is 6.33 Å². The minimum Gasteiger partial charge on any atom is -0.382 e. The van der Waals surface area contributed by atoms with E-state index in [1.165, 1.54) is 11.9 Å². The Bertz CT molecular complexity index is 1350. The van der Waals surface area contributed by atoms with E-state index in [9.17, 15) is 4.79 Å². The first-order valence-electron chi connectivity index (χ1n) is 14.3. The number of hydrogen-bond acceptors (Lipinski definition) is 9. The minimum atomic E-state index is -0.735. The van der Waals surface area contributed by atoms with Crippen molar-refractivity contribution in [2.45, 2.75) is 83.7 Å². The van der Waals surface area contributed by atoms with Crippen LogP contribution in [-0.4, -0.2) is 80.7 Å². The molecule has 2 saturated heterocycles. The average Bonchev–Trinajstić information content (AvgIpc) is 3.57. The molecule has 222 valence electrons. The van der Waals surface area contributed by atoms with Crippen LogP contribution in [0.5, 0.6) is 0 Å². The lowest BCUT2D eigenvalue weighted by Crippen LogP contribution is -2.41. The molecule has 0 bridgehead atoms. The number of carbonyl (C=O) groups excluding carboxylic acids is 1. The van der Waals surface area contributed by atoms with Gasteiger partial charge in [0, 0.05) is 18.8 Å². The van der Waals surface area contributed by atoms with E-state index in [0.717, 1.165) is 25.2 Å². The summed E-state index contributed by atoms with van der Waals surface area (Å²) in [5, 5.41) is 5.87. The van der Waals surface area contributed by atoms with E-state index < -0.39 is 12.0 Å². The quantitative estimate of drug-likeness (QED) is 0.331. The fourth-order valence-electron chi connectivity index (χ4n) is 5.45. The van der Waals surface area contributed by atoms with Crippen molar-refractivity contribution in [3.8, 4) is 0 Å². The smallest absolute Gasteiger partial charge is 0.319 e. The Hall–Kier alpha value is -3.32. The van der Waals surface area contributed by atoms with Gasteiger partial charge in [-0.1, -0.05) is 39.8 Å². The molecule has 41 heavy (non-hydrogen) atoms. The van der Waals surface area contributed by atoms with Crippen LogP contribution in [0.15, 0.2) is 36.9 Å². The molecule has 2 aliphatic rings. The first-order valence-corrected chi connectivity index (χ1v) is 14.3. The Morgan fingerprint density at radius 2 is 1.85 bits per heavy atom. The number of amides is 2. The van der Waals surface area contributed by atoms with Gasteiger partial charge in [-0.2, -0.15) is 0 Å². The Morgan fingerprint density at radius 3 is 2.56 bits per heavy atom. The standard InChI is InChI=1S/C29H42N8O4/c1-7-36(14-8-13-31-27(38)35-19-11-9-18(10-12-19)28(2,3)4)15-20-22-23(41-29(5,6)40-22)26(39-20)37-17-34-21-24(30)32-16-33-25(21)37/h9-12,16-17,20,22-23,26H,7-8,13-15H2,1-6H3,(H2,30,32,33)(H2,31,35,38)/t20-,22-,23-,26?/m1/s1. The van der Waals surface area contributed by atoms with Crippen LogP contribution in [0, 0.1) is 0 Å². The first kappa shape index (κ1) is 29.2. The lowest BCUT2D eigenvalue weighted by atomic mass is 9.87. The van der Waals surface area contributed by atoms with Gasteiger partial charge >= 0.3 is 6.03 Å². The maximum absolute atomic E-state index is 12.4. The summed E-state index contributed by atoms with van der Waals surface area (Å²) in [4.78, 5) is 27.6. The highest BCUT2D eigenvalue weighted by Gasteiger charge is 2.56. The van der Waals surface area contributed by atoms with Gasteiger partial charge in [0.1, 0.15) is 30.2 Å². The lowest BCUT2D eigenvalue weighted by molar-refractivity contribution is -0.197. The van der Waals surface area contributed by atoms with E-state index in [0.29, 0.717) is 30.1 Å². The van der Waals surface area contributed by atoms with E-state index >= 15 is 0 Å². The molecule has 1 unspecified atom stereocenters. The van der Waals surface area contributed by atoms with Crippen LogP contribution in [0.2, 0.25) is 0 Å². The van der Waals surface area contributed by atoms with Crippen LogP contribution >= 0.6 is 0 Å². The molecule has 0 saturated carbocycles. The molecule has 4 N–H and O–H groups in total. The van der Waals surface area contributed by atoms with E-state index in [1.54, 1.807) is 6.33 Å². The number of likely N-dealkylation sites (N-methyl/N-ethyl adjacent to an activating group) is 1. The number of carbonyl (C=O) groups is 1. The molecule has 2 aromatic heterocycles. The van der Waals surface area contributed by atoms with Crippen molar-refractivity contribution in [2.75, 3.05) is 37.2 Å². The van der Waals surface area contributed by atoms with E-state index in [-0.39, 0.29) is 29.8 Å². The molecule has 5 rings (SSSR count). The van der Waals surface area contributed by atoms with Crippen molar-refractivity contribution in [3.05, 3.63) is 42.5 Å². The van der Waals surface area contributed by atoms with Crippen LogP contribution in [0.25, 0.3) is 11.2 Å². The normalized spacial score (nSPS) is 23.7. The number of nitrogens with one attached hydrogen (secondary N) is 2. The van der Waals surface area contributed by atoms with Gasteiger partial charge in [-0.3, -0.25) is 4.57 Å². The number of nitrogens with two attached hydrogens (primary N) is 1. The van der Waals surface area contributed by atoms with Crippen molar-refractivity contribution < 1.29 is 19.0 Å². The molecule has 0 aliphatic carbocycles. The number of ether oxygens (including phenoxy) is 3. The highest BCUT2D eigenvalue weighted by atomic mass is 16.8. The number of urea groups is 1. The van der Waals surface area contributed by atoms with Crippen LogP contribution in [0.1, 0.15) is 59.8 Å². The molecule has 4 heterocycles. The second-order valence-electron chi connectivity index (χ2n) is 12.2. The first-order chi connectivity index (χ1) is 19.4. The summed E-state index contributed by atoms with van der Waals surface area (Å²) in [6.07, 6.45) is 2.61. The third-order valence-corrected chi connectivity index (χ3v) is 7.62. The number of fused-ring (bicyclic) bond motifs is 2. The number of anilines is 2. The van der Waals surface area contributed by atoms with E-state index in [2.05, 4.69) is 58.2 Å². The molecule has 12 nitrogen and oxygen atoms in total. The fraction of sp³-hybridized carbons (Fsp3) is 0.586. The summed E-state index contributed by atoms with van der Waals surface area (Å²) in [7, 11) is 0. The minimum absolute atomic E-state index is 0.0712. The molecule has 3 aromatic rings. The van der Waals surface area contributed by atoms with Crippen molar-refractivity contribution >= 4 is 28.7 Å². The largest absolute Gasteiger partial charge is 0.382 e. The molecular weight excluding hydrogens is 524 g/mol. The lowest BCUT2D eigenvalue weighted by Gasteiger charge is -2.28. The van der Waals surface area contributed by atoms with E-state index in [4.69, 9.17) is 19.9 Å². The summed E-state index contributed by atoms with van der Waals surface area (Å²) >= 11 is 0. The van der Waals surface area contributed by atoms with Crippen LogP contribution in [0.4, 0.5) is 16.3 Å². The summed E-state index contributed by atoms with van der Waals surface area (Å²) in [5.41, 5.74) is 9.20. The summed E-state index contributed by atoms with van der Waals surface area (Å²) < 4.78 is 21.0. The number of nitrogens with zero attached hydrogens (tertiary/aromatic N) is 5. The van der Waals surface area contributed by atoms with Gasteiger partial charge in [-0.15, -0.1) is 0 Å². The number of rotatable bonds is 9. The highest BCUT2D eigenvalue weighted by Crippen LogP contribution is 2.44. The molecule has 2 fully saturated rings. The van der Waals surface area contributed by atoms with Gasteiger partial charge in [0.15, 0.2) is 23.5 Å². The topological polar surface area (TPSA) is 142 Å². The molecule has 2 amide bonds. The van der Waals surface area contributed by atoms with Crippen molar-refractivity contribution in [1.82, 2.24) is 29.7 Å². The second kappa shape index (κ2) is 11.5. The van der Waals surface area contributed by atoms with Gasteiger partial charge in [0.25, 0.3) is 0 Å².